The Hall–Kier alpha value is -0.870. The number of rotatable bonds is 2. The zero-order valence-electron chi connectivity index (χ0n) is 7.25. The first-order chi connectivity index (χ1) is 6.36. The van der Waals surface area contributed by atoms with Crippen LogP contribution in [0.2, 0.25) is 0 Å². The van der Waals surface area contributed by atoms with Crippen molar-refractivity contribution in [1.29, 1.82) is 0 Å². The van der Waals surface area contributed by atoms with Crippen LogP contribution in [-0.4, -0.2) is 25.0 Å². The molecular formula is C9H12N2OS. The largest absolute Gasteiger partial charge is 0.348 e. The first-order valence-corrected chi connectivity index (χ1v) is 5.34. The van der Waals surface area contributed by atoms with Crippen molar-refractivity contribution in [3.8, 4) is 0 Å². The van der Waals surface area contributed by atoms with Crippen LogP contribution >= 0.6 is 11.3 Å². The molecule has 2 rings (SSSR count). The average molecular weight is 196 g/mol. The third-order valence-electron chi connectivity index (χ3n) is 2.18. The lowest BCUT2D eigenvalue weighted by molar-refractivity contribution is 0.0940. The van der Waals surface area contributed by atoms with Crippen LogP contribution in [-0.2, 0) is 0 Å². The van der Waals surface area contributed by atoms with Crippen molar-refractivity contribution in [2.45, 2.75) is 12.5 Å². The number of hydrogen-bond donors (Lipinski definition) is 2. The van der Waals surface area contributed by atoms with Crippen LogP contribution in [0.4, 0.5) is 0 Å². The van der Waals surface area contributed by atoms with Crippen LogP contribution in [0.1, 0.15) is 16.8 Å². The minimum absolute atomic E-state index is 0.0509. The van der Waals surface area contributed by atoms with Gasteiger partial charge in [-0.15, -0.1) is 0 Å². The number of carbonyl (C=O) groups is 1. The molecule has 0 aliphatic carbocycles. The van der Waals surface area contributed by atoms with Gasteiger partial charge < -0.3 is 10.6 Å². The zero-order valence-corrected chi connectivity index (χ0v) is 8.06. The van der Waals surface area contributed by atoms with Gasteiger partial charge in [-0.1, -0.05) is 0 Å². The van der Waals surface area contributed by atoms with Gasteiger partial charge in [0.25, 0.3) is 5.91 Å². The molecule has 0 spiro atoms. The Kier molecular flexibility index (Phi) is 2.61. The van der Waals surface area contributed by atoms with Gasteiger partial charge in [0.2, 0.25) is 0 Å². The van der Waals surface area contributed by atoms with Crippen LogP contribution in [0.5, 0.6) is 0 Å². The molecule has 0 aromatic carbocycles. The summed E-state index contributed by atoms with van der Waals surface area (Å²) in [6.45, 7) is 1.91. The van der Waals surface area contributed by atoms with Gasteiger partial charge in [0.05, 0.1) is 0 Å². The molecule has 2 heterocycles. The Labute approximate surface area is 81.2 Å². The molecule has 1 amide bonds. The van der Waals surface area contributed by atoms with E-state index in [4.69, 9.17) is 0 Å². The number of nitrogens with one attached hydrogen (secondary N) is 2. The van der Waals surface area contributed by atoms with Crippen molar-refractivity contribution in [2.75, 3.05) is 13.1 Å². The summed E-state index contributed by atoms with van der Waals surface area (Å²) in [5.74, 6) is 0.0509. The maximum absolute atomic E-state index is 11.5. The minimum Gasteiger partial charge on any atom is -0.348 e. The van der Waals surface area contributed by atoms with E-state index in [1.165, 1.54) is 0 Å². The van der Waals surface area contributed by atoms with Gasteiger partial charge in [-0.25, -0.2) is 0 Å². The van der Waals surface area contributed by atoms with Gasteiger partial charge in [0, 0.05) is 23.5 Å². The topological polar surface area (TPSA) is 41.1 Å². The maximum atomic E-state index is 11.5. The number of hydrogen-bond acceptors (Lipinski definition) is 3. The number of amides is 1. The Bertz CT molecular complexity index is 278. The lowest BCUT2D eigenvalue weighted by Gasteiger charge is -2.09. The van der Waals surface area contributed by atoms with Gasteiger partial charge in [0.1, 0.15) is 0 Å². The average Bonchev–Trinajstić information content (AvgIpc) is 2.74. The molecule has 0 unspecified atom stereocenters. The summed E-state index contributed by atoms with van der Waals surface area (Å²) in [6, 6.07) is 2.16. The lowest BCUT2D eigenvalue weighted by atomic mass is 10.2. The molecule has 13 heavy (non-hydrogen) atoms. The molecule has 1 aromatic rings. The molecule has 1 aliphatic heterocycles. The fraction of sp³-hybridized carbons (Fsp3) is 0.444. The van der Waals surface area contributed by atoms with Crippen LogP contribution < -0.4 is 10.6 Å². The lowest BCUT2D eigenvalue weighted by Crippen LogP contribution is -2.35. The van der Waals surface area contributed by atoms with Gasteiger partial charge in [0.15, 0.2) is 0 Å². The van der Waals surface area contributed by atoms with E-state index >= 15 is 0 Å². The molecule has 1 aromatic heterocycles. The van der Waals surface area contributed by atoms with Crippen molar-refractivity contribution >= 4 is 17.2 Å². The first-order valence-electron chi connectivity index (χ1n) is 4.40. The molecule has 0 bridgehead atoms. The Morgan fingerprint density at radius 3 is 3.23 bits per heavy atom. The maximum Gasteiger partial charge on any atom is 0.252 e. The van der Waals surface area contributed by atoms with E-state index in [1.807, 2.05) is 16.8 Å². The van der Waals surface area contributed by atoms with Crippen molar-refractivity contribution in [3.05, 3.63) is 22.4 Å². The molecule has 2 N–H and O–H groups in total. The summed E-state index contributed by atoms with van der Waals surface area (Å²) in [4.78, 5) is 11.5. The van der Waals surface area contributed by atoms with E-state index in [1.54, 1.807) is 11.3 Å². The molecule has 3 nitrogen and oxygen atoms in total. The van der Waals surface area contributed by atoms with Crippen LogP contribution in [0, 0.1) is 0 Å². The molecule has 1 saturated heterocycles. The summed E-state index contributed by atoms with van der Waals surface area (Å²) in [5.41, 5.74) is 0.775. The number of thiophene rings is 1. The molecule has 70 valence electrons. The SMILES string of the molecule is O=C(N[C@H]1CCNC1)c1ccsc1. The molecule has 0 saturated carbocycles. The quantitative estimate of drug-likeness (QED) is 0.736. The van der Waals surface area contributed by atoms with E-state index in [0.29, 0.717) is 6.04 Å². The van der Waals surface area contributed by atoms with E-state index in [0.717, 1.165) is 25.1 Å². The highest BCUT2D eigenvalue weighted by molar-refractivity contribution is 7.08. The summed E-state index contributed by atoms with van der Waals surface area (Å²) in [5, 5.41) is 9.99. The fourth-order valence-corrected chi connectivity index (χ4v) is 2.08. The van der Waals surface area contributed by atoms with E-state index in [2.05, 4.69) is 10.6 Å². The van der Waals surface area contributed by atoms with Crippen molar-refractivity contribution in [3.63, 3.8) is 0 Å². The molecular weight excluding hydrogens is 184 g/mol. The van der Waals surface area contributed by atoms with E-state index in [9.17, 15) is 4.79 Å². The van der Waals surface area contributed by atoms with Crippen molar-refractivity contribution in [1.82, 2.24) is 10.6 Å². The molecule has 1 aliphatic rings. The summed E-state index contributed by atoms with van der Waals surface area (Å²) >= 11 is 1.55. The highest BCUT2D eigenvalue weighted by Gasteiger charge is 2.17. The monoisotopic (exact) mass is 196 g/mol. The predicted molar refractivity (Wildman–Crippen MR) is 53.1 cm³/mol. The second kappa shape index (κ2) is 3.89. The first kappa shape index (κ1) is 8.72. The van der Waals surface area contributed by atoms with Crippen LogP contribution in [0.25, 0.3) is 0 Å². The third-order valence-corrected chi connectivity index (χ3v) is 2.86. The van der Waals surface area contributed by atoms with Crippen LogP contribution in [0.3, 0.4) is 0 Å². The Morgan fingerprint density at radius 1 is 1.69 bits per heavy atom. The smallest absolute Gasteiger partial charge is 0.252 e. The second-order valence-electron chi connectivity index (χ2n) is 3.18. The standard InChI is InChI=1S/C9H12N2OS/c12-9(7-2-4-13-6-7)11-8-1-3-10-5-8/h2,4,6,8,10H,1,3,5H2,(H,11,12)/t8-/m0/s1. The third kappa shape index (κ3) is 2.08. The van der Waals surface area contributed by atoms with Gasteiger partial charge in [-0.3, -0.25) is 4.79 Å². The highest BCUT2D eigenvalue weighted by Crippen LogP contribution is 2.06. The molecule has 1 atom stereocenters. The van der Waals surface area contributed by atoms with Crippen molar-refractivity contribution < 1.29 is 4.79 Å². The molecule has 1 fully saturated rings. The summed E-state index contributed by atoms with van der Waals surface area (Å²) in [6.07, 6.45) is 1.04. The molecule has 0 radical (unpaired) electrons. The minimum atomic E-state index is 0.0509. The van der Waals surface area contributed by atoms with Gasteiger partial charge >= 0.3 is 0 Å². The van der Waals surface area contributed by atoms with Crippen LogP contribution in [0.15, 0.2) is 16.8 Å². The zero-order chi connectivity index (χ0) is 9.10. The second-order valence-corrected chi connectivity index (χ2v) is 3.96. The van der Waals surface area contributed by atoms with E-state index < -0.39 is 0 Å². The Morgan fingerprint density at radius 2 is 2.62 bits per heavy atom. The Balaban J connectivity index is 1.91. The summed E-state index contributed by atoms with van der Waals surface area (Å²) in [7, 11) is 0. The van der Waals surface area contributed by atoms with Crippen molar-refractivity contribution in [2.24, 2.45) is 0 Å². The molecule has 4 heteroatoms. The predicted octanol–water partition coefficient (Wildman–Crippen LogP) is 0.840. The van der Waals surface area contributed by atoms with E-state index in [-0.39, 0.29) is 5.91 Å². The summed E-state index contributed by atoms with van der Waals surface area (Å²) < 4.78 is 0. The normalized spacial score (nSPS) is 21.7. The van der Waals surface area contributed by atoms with Gasteiger partial charge in [-0.05, 0) is 24.4 Å². The fourth-order valence-electron chi connectivity index (χ4n) is 1.44. The van der Waals surface area contributed by atoms with Gasteiger partial charge in [-0.2, -0.15) is 11.3 Å². The highest BCUT2D eigenvalue weighted by atomic mass is 32.1. The number of carbonyl (C=O) groups excluding carboxylic acids is 1.